The molecule has 0 radical (unpaired) electrons. The number of para-hydroxylation sites is 1. The van der Waals surface area contributed by atoms with E-state index >= 15 is 0 Å². The van der Waals surface area contributed by atoms with E-state index in [1.165, 1.54) is 6.07 Å². The normalized spacial score (nSPS) is 10.7. The lowest BCUT2D eigenvalue weighted by molar-refractivity contribution is -0.385. The van der Waals surface area contributed by atoms with Gasteiger partial charge in [0.1, 0.15) is 0 Å². The lowest BCUT2D eigenvalue weighted by atomic mass is 9.98. The molecule has 120 valence electrons. The molecule has 4 nitrogen and oxygen atoms in total. The zero-order chi connectivity index (χ0) is 16.8. The van der Waals surface area contributed by atoms with Crippen LogP contribution in [0.4, 0.5) is 5.69 Å². The van der Waals surface area contributed by atoms with Crippen molar-refractivity contribution < 1.29 is 4.92 Å². The smallest absolute Gasteiger partial charge is 0.273 e. The average molecular weight is 318 g/mol. The van der Waals surface area contributed by atoms with Gasteiger partial charge in [-0.15, -0.1) is 0 Å². The van der Waals surface area contributed by atoms with E-state index in [-0.39, 0.29) is 16.7 Å². The van der Waals surface area contributed by atoms with Gasteiger partial charge in [-0.2, -0.15) is 0 Å². The second-order valence-corrected chi connectivity index (χ2v) is 5.52. The predicted octanol–water partition coefficient (Wildman–Crippen LogP) is 4.47. The highest BCUT2D eigenvalue weighted by Crippen LogP contribution is 2.24. The number of nitrogens with zero attached hydrogens (tertiary/aromatic N) is 1. The topological polar surface area (TPSA) is 55.2 Å². The van der Waals surface area contributed by atoms with Crippen molar-refractivity contribution in [1.29, 1.82) is 0 Å². The Labute approximate surface area is 140 Å². The Morgan fingerprint density at radius 2 is 1.29 bits per heavy atom. The van der Waals surface area contributed by atoms with Crippen LogP contribution in [0.3, 0.4) is 0 Å². The standard InChI is InChI=1S/C20H18N2O2/c23-22(24)19-14-8-7-13-18(19)15-21-20(16-9-3-1-4-10-16)17-11-5-2-6-12-17/h1-14,20-21H,15H2. The van der Waals surface area contributed by atoms with Gasteiger partial charge in [0.2, 0.25) is 0 Å². The van der Waals surface area contributed by atoms with Gasteiger partial charge in [0.25, 0.3) is 5.69 Å². The van der Waals surface area contributed by atoms with Crippen molar-refractivity contribution in [2.45, 2.75) is 12.6 Å². The van der Waals surface area contributed by atoms with Gasteiger partial charge in [-0.25, -0.2) is 0 Å². The van der Waals surface area contributed by atoms with Gasteiger partial charge in [0, 0.05) is 18.2 Å². The van der Waals surface area contributed by atoms with Crippen LogP contribution in [0.2, 0.25) is 0 Å². The molecule has 3 rings (SSSR count). The molecule has 0 heterocycles. The maximum Gasteiger partial charge on any atom is 0.273 e. The molecule has 4 heteroatoms. The molecule has 24 heavy (non-hydrogen) atoms. The van der Waals surface area contributed by atoms with Crippen molar-refractivity contribution >= 4 is 5.69 Å². The van der Waals surface area contributed by atoms with Gasteiger partial charge >= 0.3 is 0 Å². The summed E-state index contributed by atoms with van der Waals surface area (Å²) in [5, 5.41) is 14.6. The third-order valence-corrected chi connectivity index (χ3v) is 3.95. The van der Waals surface area contributed by atoms with Crippen LogP contribution >= 0.6 is 0 Å². The summed E-state index contributed by atoms with van der Waals surface area (Å²) < 4.78 is 0. The van der Waals surface area contributed by atoms with E-state index in [1.807, 2.05) is 42.5 Å². The first-order valence-electron chi connectivity index (χ1n) is 7.81. The van der Waals surface area contributed by atoms with Crippen LogP contribution < -0.4 is 5.32 Å². The summed E-state index contributed by atoms with van der Waals surface area (Å²) in [6.45, 7) is 0.422. The van der Waals surface area contributed by atoms with Gasteiger partial charge in [-0.3, -0.25) is 10.1 Å². The van der Waals surface area contributed by atoms with Gasteiger partial charge in [-0.1, -0.05) is 78.9 Å². The molecule has 0 atom stereocenters. The number of rotatable bonds is 6. The Hall–Kier alpha value is -2.98. The Morgan fingerprint density at radius 3 is 1.83 bits per heavy atom. The number of benzene rings is 3. The number of nitro benzene ring substituents is 1. The highest BCUT2D eigenvalue weighted by Gasteiger charge is 2.16. The summed E-state index contributed by atoms with van der Waals surface area (Å²) in [7, 11) is 0. The molecule has 0 aliphatic carbocycles. The van der Waals surface area contributed by atoms with Crippen molar-refractivity contribution in [3.05, 3.63) is 112 Å². The molecule has 0 aliphatic heterocycles. The summed E-state index contributed by atoms with van der Waals surface area (Å²) in [6.07, 6.45) is 0. The number of nitro groups is 1. The molecule has 0 saturated carbocycles. The monoisotopic (exact) mass is 318 g/mol. The second kappa shape index (κ2) is 7.53. The van der Waals surface area contributed by atoms with Crippen molar-refractivity contribution in [3.8, 4) is 0 Å². The molecule has 3 aromatic rings. The Kier molecular flexibility index (Phi) is 4.99. The molecule has 1 N–H and O–H groups in total. The van der Waals surface area contributed by atoms with Gasteiger partial charge in [0.05, 0.1) is 11.0 Å². The van der Waals surface area contributed by atoms with Crippen LogP contribution in [-0.4, -0.2) is 4.92 Å². The number of hydrogen-bond donors (Lipinski definition) is 1. The molecule has 0 fully saturated rings. The van der Waals surface area contributed by atoms with E-state index in [9.17, 15) is 10.1 Å². The van der Waals surface area contributed by atoms with Gasteiger partial charge < -0.3 is 5.32 Å². The van der Waals surface area contributed by atoms with Crippen LogP contribution in [0.25, 0.3) is 0 Å². The van der Waals surface area contributed by atoms with Crippen LogP contribution in [-0.2, 0) is 6.54 Å². The largest absolute Gasteiger partial charge is 0.302 e. The molecular formula is C20H18N2O2. The first-order chi connectivity index (χ1) is 11.8. The van der Waals surface area contributed by atoms with Gasteiger partial charge in [0.15, 0.2) is 0 Å². The zero-order valence-electron chi connectivity index (χ0n) is 13.1. The first-order valence-corrected chi connectivity index (χ1v) is 7.81. The SMILES string of the molecule is O=[N+]([O-])c1ccccc1CNC(c1ccccc1)c1ccccc1. The first kappa shape index (κ1) is 15.9. The van der Waals surface area contributed by atoms with Crippen LogP contribution in [0.5, 0.6) is 0 Å². The molecule has 0 amide bonds. The predicted molar refractivity (Wildman–Crippen MR) is 94.7 cm³/mol. The molecular weight excluding hydrogens is 300 g/mol. The summed E-state index contributed by atoms with van der Waals surface area (Å²) in [4.78, 5) is 10.8. The Balaban J connectivity index is 1.87. The summed E-state index contributed by atoms with van der Waals surface area (Å²) in [6, 6.07) is 27.0. The van der Waals surface area contributed by atoms with Crippen molar-refractivity contribution in [2.75, 3.05) is 0 Å². The highest BCUT2D eigenvalue weighted by molar-refractivity contribution is 5.40. The molecule has 0 aliphatic rings. The lowest BCUT2D eigenvalue weighted by Crippen LogP contribution is -2.22. The molecule has 0 bridgehead atoms. The van der Waals surface area contributed by atoms with Crippen molar-refractivity contribution in [2.24, 2.45) is 0 Å². The number of hydrogen-bond acceptors (Lipinski definition) is 3. The second-order valence-electron chi connectivity index (χ2n) is 5.52. The fourth-order valence-electron chi connectivity index (χ4n) is 2.77. The fourth-order valence-corrected chi connectivity index (χ4v) is 2.77. The van der Waals surface area contributed by atoms with E-state index in [2.05, 4.69) is 29.6 Å². The van der Waals surface area contributed by atoms with E-state index in [0.29, 0.717) is 12.1 Å². The maximum atomic E-state index is 11.2. The zero-order valence-corrected chi connectivity index (χ0v) is 13.1. The van der Waals surface area contributed by atoms with Crippen molar-refractivity contribution in [3.63, 3.8) is 0 Å². The quantitative estimate of drug-likeness (QED) is 0.539. The third kappa shape index (κ3) is 3.67. The molecule has 0 unspecified atom stereocenters. The molecule has 0 saturated heterocycles. The van der Waals surface area contributed by atoms with Crippen molar-refractivity contribution in [1.82, 2.24) is 5.32 Å². The number of nitrogens with one attached hydrogen (secondary N) is 1. The average Bonchev–Trinajstić information content (AvgIpc) is 2.64. The van der Waals surface area contributed by atoms with E-state index in [4.69, 9.17) is 0 Å². The molecule has 0 spiro atoms. The minimum Gasteiger partial charge on any atom is -0.302 e. The van der Waals surface area contributed by atoms with Crippen LogP contribution in [0, 0.1) is 10.1 Å². The van der Waals surface area contributed by atoms with Crippen LogP contribution in [0.15, 0.2) is 84.9 Å². The van der Waals surface area contributed by atoms with E-state index in [1.54, 1.807) is 12.1 Å². The molecule has 3 aromatic carbocycles. The summed E-state index contributed by atoms with van der Waals surface area (Å²) in [5.41, 5.74) is 3.08. The Morgan fingerprint density at radius 1 is 0.792 bits per heavy atom. The molecule has 0 aromatic heterocycles. The minimum atomic E-state index is -0.336. The van der Waals surface area contributed by atoms with Gasteiger partial charge in [-0.05, 0) is 11.1 Å². The van der Waals surface area contributed by atoms with Crippen LogP contribution in [0.1, 0.15) is 22.7 Å². The Bertz CT molecular complexity index is 765. The summed E-state index contributed by atoms with van der Waals surface area (Å²) in [5.74, 6) is 0. The fraction of sp³-hybridized carbons (Fsp3) is 0.100. The van der Waals surface area contributed by atoms with E-state index < -0.39 is 0 Å². The van der Waals surface area contributed by atoms with E-state index in [0.717, 1.165) is 11.1 Å². The maximum absolute atomic E-state index is 11.2. The third-order valence-electron chi connectivity index (χ3n) is 3.95. The summed E-state index contributed by atoms with van der Waals surface area (Å²) >= 11 is 0. The lowest BCUT2D eigenvalue weighted by Gasteiger charge is -2.20. The highest BCUT2D eigenvalue weighted by atomic mass is 16.6. The minimum absolute atomic E-state index is 0.0211.